The highest BCUT2D eigenvalue weighted by molar-refractivity contribution is 6.06. The van der Waals surface area contributed by atoms with Gasteiger partial charge in [-0.1, -0.05) is 25.3 Å². The zero-order valence-electron chi connectivity index (χ0n) is 18.0. The van der Waals surface area contributed by atoms with Crippen LogP contribution in [0.2, 0.25) is 0 Å². The number of hydrogen-bond acceptors (Lipinski definition) is 6. The number of nitrogen functional groups attached to an aromatic ring is 1. The number of benzene rings is 1. The molecule has 8 heteroatoms. The molecule has 4 N–H and O–H groups in total. The zero-order chi connectivity index (χ0) is 23.4. The van der Waals surface area contributed by atoms with Gasteiger partial charge in [0.15, 0.2) is 0 Å². The largest absolute Gasteiger partial charge is 0.509 e. The monoisotopic (exact) mass is 437 g/mol. The van der Waals surface area contributed by atoms with Gasteiger partial charge in [0.05, 0.1) is 28.9 Å². The second kappa shape index (κ2) is 9.55. The number of carbonyl (C=O) groups excluding carboxylic acids is 1. The third kappa shape index (κ3) is 4.74. The minimum atomic E-state index is -1.13. The number of aliphatic hydroxyl groups is 1. The van der Waals surface area contributed by atoms with Gasteiger partial charge in [0.25, 0.3) is 5.91 Å². The van der Waals surface area contributed by atoms with Gasteiger partial charge in [-0.25, -0.2) is 4.79 Å². The number of carboxylic acids is 1. The molecule has 0 saturated carbocycles. The Hall–Kier alpha value is -3.81. The number of aromatic carboxylic acids is 1. The first kappa shape index (κ1) is 22.9. The quantitative estimate of drug-likeness (QED) is 0.343. The average molecular weight is 437 g/mol. The highest BCUT2D eigenvalue weighted by Crippen LogP contribution is 2.34. The van der Waals surface area contributed by atoms with Gasteiger partial charge in [0, 0.05) is 18.7 Å². The molecular formula is C24H27N3O5. The first-order valence-corrected chi connectivity index (χ1v) is 10.3. The topological polar surface area (TPSA) is 126 Å². The molecule has 1 aromatic carbocycles. The number of anilines is 1. The number of carbonyl (C=O) groups is 2. The fraction of sp³-hybridized carbons (Fsp3) is 0.292. The predicted molar refractivity (Wildman–Crippen MR) is 123 cm³/mol. The Morgan fingerprint density at radius 2 is 2.00 bits per heavy atom. The van der Waals surface area contributed by atoms with Crippen molar-refractivity contribution in [2.75, 3.05) is 25.4 Å². The van der Waals surface area contributed by atoms with Gasteiger partial charge in [-0.3, -0.25) is 9.78 Å². The first-order chi connectivity index (χ1) is 15.2. The van der Waals surface area contributed by atoms with Crippen LogP contribution in [0.25, 0.3) is 10.9 Å². The van der Waals surface area contributed by atoms with E-state index in [1.165, 1.54) is 12.2 Å². The van der Waals surface area contributed by atoms with Crippen LogP contribution in [0, 0.1) is 12.8 Å². The standard InChI is InChI=1S/C24H27N3O5/c1-4-17(12-14(2)28)23(29)27-10-8-16(9-11-27)13-32-19-7-5-6-18-21(19)22(25)20(24(30)31)15(3)26-18/h4-7,12,16,28H,1-2,8-11,13H2,3H3,(H2,25,26)(H,30,31)/b17-12+. The van der Waals surface area contributed by atoms with E-state index in [1.54, 1.807) is 30.0 Å². The number of nitrogens with zero attached hydrogens (tertiary/aromatic N) is 2. The number of allylic oxidation sites excluding steroid dienone is 1. The van der Waals surface area contributed by atoms with Gasteiger partial charge < -0.3 is 25.6 Å². The smallest absolute Gasteiger partial charge is 0.339 e. The summed E-state index contributed by atoms with van der Waals surface area (Å²) in [4.78, 5) is 30.3. The Balaban J connectivity index is 1.69. The molecule has 0 bridgehead atoms. The molecule has 1 aliphatic rings. The van der Waals surface area contributed by atoms with Crippen molar-refractivity contribution in [3.63, 3.8) is 0 Å². The van der Waals surface area contributed by atoms with Crippen molar-refractivity contribution in [3.8, 4) is 5.75 Å². The number of aryl methyl sites for hydroxylation is 1. The summed E-state index contributed by atoms with van der Waals surface area (Å²) in [6.07, 6.45) is 4.20. The zero-order valence-corrected chi connectivity index (χ0v) is 18.0. The fourth-order valence-electron chi connectivity index (χ4n) is 3.91. The normalized spacial score (nSPS) is 14.9. The molecule has 2 heterocycles. The van der Waals surface area contributed by atoms with Crippen LogP contribution in [0.5, 0.6) is 5.75 Å². The molecule has 1 fully saturated rings. The van der Waals surface area contributed by atoms with Gasteiger partial charge in [-0.15, -0.1) is 0 Å². The van der Waals surface area contributed by atoms with Crippen LogP contribution >= 0.6 is 0 Å². The number of fused-ring (bicyclic) bond motifs is 1. The average Bonchev–Trinajstić information content (AvgIpc) is 2.75. The molecule has 1 saturated heterocycles. The molecule has 1 aromatic heterocycles. The number of nitrogens with two attached hydrogens (primary N) is 1. The van der Waals surface area contributed by atoms with E-state index in [2.05, 4.69) is 18.1 Å². The second-order valence-corrected chi connectivity index (χ2v) is 7.78. The van der Waals surface area contributed by atoms with E-state index in [0.29, 0.717) is 47.6 Å². The van der Waals surface area contributed by atoms with E-state index >= 15 is 0 Å². The van der Waals surface area contributed by atoms with Crippen LogP contribution in [-0.2, 0) is 4.79 Å². The molecule has 8 nitrogen and oxygen atoms in total. The van der Waals surface area contributed by atoms with Gasteiger partial charge in [-0.05, 0) is 43.9 Å². The van der Waals surface area contributed by atoms with Crippen LogP contribution in [0.3, 0.4) is 0 Å². The molecule has 0 unspecified atom stereocenters. The molecule has 0 spiro atoms. The summed E-state index contributed by atoms with van der Waals surface area (Å²) in [5.41, 5.74) is 7.54. The maximum absolute atomic E-state index is 12.6. The Labute approximate surface area is 186 Å². The van der Waals surface area contributed by atoms with Crippen molar-refractivity contribution in [2.24, 2.45) is 5.92 Å². The van der Waals surface area contributed by atoms with E-state index in [4.69, 9.17) is 10.5 Å². The lowest BCUT2D eigenvalue weighted by molar-refractivity contribution is -0.128. The molecule has 0 atom stereocenters. The SMILES string of the molecule is C=C/C(=C\C(=C)O)C(=O)N1CCC(COc2cccc3nc(C)c(C(=O)O)c(N)c23)CC1. The van der Waals surface area contributed by atoms with E-state index in [-0.39, 0.29) is 28.8 Å². The lowest BCUT2D eigenvalue weighted by Gasteiger charge is -2.32. The van der Waals surface area contributed by atoms with Crippen LogP contribution < -0.4 is 10.5 Å². The van der Waals surface area contributed by atoms with Gasteiger partial charge in [0.2, 0.25) is 0 Å². The number of amides is 1. The van der Waals surface area contributed by atoms with Crippen LogP contribution in [-0.4, -0.2) is 51.7 Å². The predicted octanol–water partition coefficient (Wildman–Crippen LogP) is 3.63. The summed E-state index contributed by atoms with van der Waals surface area (Å²) in [6.45, 7) is 10.1. The first-order valence-electron chi connectivity index (χ1n) is 10.3. The summed E-state index contributed by atoms with van der Waals surface area (Å²) in [6, 6.07) is 5.32. The number of carboxylic acid groups (broad SMARTS) is 1. The number of aliphatic hydroxyl groups excluding tert-OH is 1. The van der Waals surface area contributed by atoms with Crippen molar-refractivity contribution < 1.29 is 24.5 Å². The van der Waals surface area contributed by atoms with E-state index < -0.39 is 5.97 Å². The summed E-state index contributed by atoms with van der Waals surface area (Å²) < 4.78 is 6.04. The number of likely N-dealkylation sites (tertiary alicyclic amines) is 1. The van der Waals surface area contributed by atoms with Crippen molar-refractivity contribution >= 4 is 28.5 Å². The molecule has 3 rings (SSSR count). The van der Waals surface area contributed by atoms with Gasteiger partial charge in [0.1, 0.15) is 17.1 Å². The molecule has 2 aromatic rings. The number of hydrogen-bond donors (Lipinski definition) is 3. The Morgan fingerprint density at radius 1 is 1.31 bits per heavy atom. The van der Waals surface area contributed by atoms with Crippen molar-refractivity contribution in [1.82, 2.24) is 9.88 Å². The number of pyridine rings is 1. The summed E-state index contributed by atoms with van der Waals surface area (Å²) in [5, 5.41) is 19.3. The van der Waals surface area contributed by atoms with Crippen LogP contribution in [0.15, 0.2) is 54.8 Å². The number of rotatable bonds is 7. The molecule has 0 aliphatic carbocycles. The van der Waals surface area contributed by atoms with E-state index in [1.807, 2.05) is 0 Å². The molecule has 1 aliphatic heterocycles. The van der Waals surface area contributed by atoms with Gasteiger partial charge >= 0.3 is 5.97 Å². The fourth-order valence-corrected chi connectivity index (χ4v) is 3.91. The summed E-state index contributed by atoms with van der Waals surface area (Å²) in [7, 11) is 0. The third-order valence-corrected chi connectivity index (χ3v) is 5.57. The van der Waals surface area contributed by atoms with Crippen LogP contribution in [0.1, 0.15) is 28.9 Å². The van der Waals surface area contributed by atoms with E-state index in [9.17, 15) is 19.8 Å². The maximum atomic E-state index is 12.6. The Morgan fingerprint density at radius 3 is 2.59 bits per heavy atom. The number of piperidine rings is 1. The summed E-state index contributed by atoms with van der Waals surface area (Å²) in [5.74, 6) is -0.802. The number of ether oxygens (including phenoxy) is 1. The minimum absolute atomic E-state index is 0.0167. The van der Waals surface area contributed by atoms with Crippen molar-refractivity contribution in [2.45, 2.75) is 19.8 Å². The molecule has 32 heavy (non-hydrogen) atoms. The number of aromatic nitrogens is 1. The minimum Gasteiger partial charge on any atom is -0.509 e. The lowest BCUT2D eigenvalue weighted by atomic mass is 9.97. The lowest BCUT2D eigenvalue weighted by Crippen LogP contribution is -2.40. The van der Waals surface area contributed by atoms with Gasteiger partial charge in [-0.2, -0.15) is 0 Å². The van der Waals surface area contributed by atoms with Crippen LogP contribution in [0.4, 0.5) is 5.69 Å². The molecular weight excluding hydrogens is 410 g/mol. The Bertz CT molecular complexity index is 1110. The maximum Gasteiger partial charge on any atom is 0.339 e. The molecule has 1 amide bonds. The highest BCUT2D eigenvalue weighted by atomic mass is 16.5. The van der Waals surface area contributed by atoms with Crippen molar-refractivity contribution in [3.05, 3.63) is 66.1 Å². The molecule has 168 valence electrons. The Kier molecular flexibility index (Phi) is 6.82. The second-order valence-electron chi connectivity index (χ2n) is 7.78. The summed E-state index contributed by atoms with van der Waals surface area (Å²) >= 11 is 0. The highest BCUT2D eigenvalue weighted by Gasteiger charge is 2.25. The van der Waals surface area contributed by atoms with Crippen molar-refractivity contribution in [1.29, 1.82) is 0 Å². The molecule has 0 radical (unpaired) electrons. The third-order valence-electron chi connectivity index (χ3n) is 5.57. The van der Waals surface area contributed by atoms with E-state index in [0.717, 1.165) is 12.8 Å².